The summed E-state index contributed by atoms with van der Waals surface area (Å²) in [6.45, 7) is 0.578. The van der Waals surface area contributed by atoms with Gasteiger partial charge in [-0.2, -0.15) is 0 Å². The van der Waals surface area contributed by atoms with Gasteiger partial charge < -0.3 is 9.47 Å². The molecule has 5 nitrogen and oxygen atoms in total. The monoisotopic (exact) mass is 369 g/mol. The van der Waals surface area contributed by atoms with Crippen LogP contribution in [0.4, 0.5) is 4.79 Å². The van der Waals surface area contributed by atoms with Crippen LogP contribution in [0.2, 0.25) is 0 Å². The third-order valence-corrected chi connectivity index (χ3v) is 5.60. The molecule has 0 aromatic heterocycles. The maximum absolute atomic E-state index is 12.6. The van der Waals surface area contributed by atoms with E-state index in [0.29, 0.717) is 23.3 Å². The van der Waals surface area contributed by atoms with Crippen molar-refractivity contribution in [3.63, 3.8) is 0 Å². The predicted octanol–water partition coefficient (Wildman–Crippen LogP) is 1.53. The van der Waals surface area contributed by atoms with Crippen LogP contribution in [0.3, 0.4) is 0 Å². The first-order valence-electron chi connectivity index (χ1n) is 8.74. The largest absolute Gasteiger partial charge is 0.447 e. The second-order valence-electron chi connectivity index (χ2n) is 6.73. The number of ether oxygens (including phenoxy) is 2. The van der Waals surface area contributed by atoms with Gasteiger partial charge in [0.2, 0.25) is 0 Å². The van der Waals surface area contributed by atoms with Gasteiger partial charge in [-0.15, -0.1) is 0 Å². The van der Waals surface area contributed by atoms with Crippen LogP contribution in [0.25, 0.3) is 0 Å². The summed E-state index contributed by atoms with van der Waals surface area (Å²) in [6.07, 6.45) is 0.781. The minimum absolute atomic E-state index is 0.110. The topological polar surface area (TPSA) is 55.8 Å². The first kappa shape index (κ1) is 18.4. The third kappa shape index (κ3) is 4.39. The van der Waals surface area contributed by atoms with E-state index < -0.39 is 11.3 Å². The standard InChI is InChI=1S/C20H23NO4Si/c22-18(14-24-12-11-16-7-3-1-4-8-16)21-19(23)25-15-20(21,26)13-17-9-5-2-6-10-17/h1-10H,11-15H2,26H3/t20-/m1/s1. The molecule has 1 heterocycles. The zero-order chi connectivity index (χ0) is 18.4. The van der Waals surface area contributed by atoms with Crippen LogP contribution < -0.4 is 0 Å². The Morgan fingerprint density at radius 2 is 1.69 bits per heavy atom. The van der Waals surface area contributed by atoms with Gasteiger partial charge in [0, 0.05) is 10.2 Å². The molecule has 0 N–H and O–H groups in total. The van der Waals surface area contributed by atoms with Crippen molar-refractivity contribution in [2.24, 2.45) is 0 Å². The Hall–Kier alpha value is -2.44. The van der Waals surface area contributed by atoms with Crippen LogP contribution in [-0.4, -0.2) is 52.1 Å². The average molecular weight is 369 g/mol. The molecule has 3 rings (SSSR count). The van der Waals surface area contributed by atoms with Gasteiger partial charge in [0.1, 0.15) is 13.2 Å². The van der Waals surface area contributed by atoms with E-state index in [4.69, 9.17) is 9.47 Å². The summed E-state index contributed by atoms with van der Waals surface area (Å²) in [4.78, 5) is 26.0. The Labute approximate surface area is 156 Å². The second-order valence-corrected chi connectivity index (χ2v) is 8.59. The Balaban J connectivity index is 1.56. The number of benzene rings is 2. The van der Waals surface area contributed by atoms with Crippen molar-refractivity contribution in [2.45, 2.75) is 18.0 Å². The summed E-state index contributed by atoms with van der Waals surface area (Å²) in [5.74, 6) is -0.327. The van der Waals surface area contributed by atoms with Crippen molar-refractivity contribution in [2.75, 3.05) is 19.8 Å². The summed E-state index contributed by atoms with van der Waals surface area (Å²) >= 11 is 0. The van der Waals surface area contributed by atoms with Crippen molar-refractivity contribution in [3.8, 4) is 0 Å². The number of amides is 2. The summed E-state index contributed by atoms with van der Waals surface area (Å²) < 4.78 is 10.7. The predicted molar refractivity (Wildman–Crippen MR) is 102 cm³/mol. The van der Waals surface area contributed by atoms with E-state index in [9.17, 15) is 9.59 Å². The molecule has 6 heteroatoms. The summed E-state index contributed by atoms with van der Waals surface area (Å²) in [6, 6.07) is 19.8. The van der Waals surface area contributed by atoms with Crippen LogP contribution in [0.1, 0.15) is 11.1 Å². The van der Waals surface area contributed by atoms with Gasteiger partial charge in [0.25, 0.3) is 5.91 Å². The number of hydrogen-bond donors (Lipinski definition) is 0. The van der Waals surface area contributed by atoms with E-state index >= 15 is 0 Å². The molecule has 0 radical (unpaired) electrons. The number of nitrogens with zero attached hydrogens (tertiary/aromatic N) is 1. The Kier molecular flexibility index (Phi) is 5.85. The molecule has 0 saturated carbocycles. The number of carbonyl (C=O) groups excluding carboxylic acids is 2. The number of rotatable bonds is 7. The first-order valence-corrected chi connectivity index (χ1v) is 9.74. The molecule has 1 aliphatic heterocycles. The van der Waals surface area contributed by atoms with Crippen LogP contribution >= 0.6 is 0 Å². The molecule has 0 bridgehead atoms. The van der Waals surface area contributed by atoms with Gasteiger partial charge in [0.05, 0.1) is 11.8 Å². The highest BCUT2D eigenvalue weighted by molar-refractivity contribution is 6.20. The molecule has 2 aromatic carbocycles. The van der Waals surface area contributed by atoms with Crippen LogP contribution in [0.5, 0.6) is 0 Å². The van der Waals surface area contributed by atoms with Gasteiger partial charge in [-0.25, -0.2) is 9.69 Å². The van der Waals surface area contributed by atoms with Crippen molar-refractivity contribution in [1.29, 1.82) is 0 Å². The summed E-state index contributed by atoms with van der Waals surface area (Å²) in [5.41, 5.74) is 2.24. The molecule has 136 valence electrons. The maximum Gasteiger partial charge on any atom is 0.416 e. The lowest BCUT2D eigenvalue weighted by molar-refractivity contribution is -0.134. The molecular formula is C20H23NO4Si. The van der Waals surface area contributed by atoms with E-state index in [1.165, 1.54) is 4.90 Å². The molecule has 1 atom stereocenters. The van der Waals surface area contributed by atoms with Gasteiger partial charge in [-0.05, 0) is 24.0 Å². The van der Waals surface area contributed by atoms with Gasteiger partial charge in [-0.3, -0.25) is 4.79 Å². The molecular weight excluding hydrogens is 346 g/mol. The van der Waals surface area contributed by atoms with E-state index in [-0.39, 0.29) is 19.1 Å². The van der Waals surface area contributed by atoms with Crippen LogP contribution in [-0.2, 0) is 27.1 Å². The number of imide groups is 1. The number of carbonyl (C=O) groups is 2. The van der Waals surface area contributed by atoms with Crippen LogP contribution in [0.15, 0.2) is 60.7 Å². The van der Waals surface area contributed by atoms with Gasteiger partial charge >= 0.3 is 6.09 Å². The lowest BCUT2D eigenvalue weighted by Gasteiger charge is -2.30. The smallest absolute Gasteiger partial charge is 0.416 e. The van der Waals surface area contributed by atoms with E-state index in [1.807, 2.05) is 60.7 Å². The highest BCUT2D eigenvalue weighted by Gasteiger charge is 2.47. The minimum atomic E-state index is -0.562. The lowest BCUT2D eigenvalue weighted by Crippen LogP contribution is -2.53. The van der Waals surface area contributed by atoms with Crippen molar-refractivity contribution >= 4 is 22.2 Å². The second kappa shape index (κ2) is 8.29. The molecule has 26 heavy (non-hydrogen) atoms. The minimum Gasteiger partial charge on any atom is -0.447 e. The Morgan fingerprint density at radius 3 is 2.35 bits per heavy atom. The molecule has 0 unspecified atom stereocenters. The van der Waals surface area contributed by atoms with Gasteiger partial charge in [0.15, 0.2) is 0 Å². The van der Waals surface area contributed by atoms with Gasteiger partial charge in [-0.1, -0.05) is 60.7 Å². The molecule has 1 aliphatic rings. The maximum atomic E-state index is 12.6. The fourth-order valence-electron chi connectivity index (χ4n) is 3.19. The van der Waals surface area contributed by atoms with Crippen molar-refractivity contribution in [3.05, 3.63) is 71.8 Å². The molecule has 2 aromatic rings. The Bertz CT molecular complexity index is 753. The van der Waals surface area contributed by atoms with Crippen LogP contribution in [0, 0.1) is 0 Å². The zero-order valence-electron chi connectivity index (χ0n) is 14.9. The zero-order valence-corrected chi connectivity index (χ0v) is 16.9. The van der Waals surface area contributed by atoms with Crippen molar-refractivity contribution < 1.29 is 19.1 Å². The quantitative estimate of drug-likeness (QED) is 0.549. The third-order valence-electron chi connectivity index (χ3n) is 4.51. The SMILES string of the molecule is O=C(COCCc1ccccc1)N1C(=O)OC[C@]1([SiH3])Cc1ccccc1. The highest BCUT2D eigenvalue weighted by Crippen LogP contribution is 2.26. The van der Waals surface area contributed by atoms with E-state index in [1.54, 1.807) is 0 Å². The Morgan fingerprint density at radius 1 is 1.08 bits per heavy atom. The first-order chi connectivity index (χ1) is 12.6. The molecule has 0 aliphatic carbocycles. The normalized spacial score (nSPS) is 19.5. The fourth-order valence-corrected chi connectivity index (χ4v) is 4.18. The average Bonchev–Trinajstić information content (AvgIpc) is 2.94. The number of cyclic esters (lactones) is 1. The molecule has 2 amide bonds. The highest BCUT2D eigenvalue weighted by atomic mass is 28.1. The lowest BCUT2D eigenvalue weighted by atomic mass is 10.1. The summed E-state index contributed by atoms with van der Waals surface area (Å²) in [7, 11) is 0.630. The van der Waals surface area contributed by atoms with Crippen molar-refractivity contribution in [1.82, 2.24) is 4.90 Å². The van der Waals surface area contributed by atoms with E-state index in [0.717, 1.165) is 17.5 Å². The van der Waals surface area contributed by atoms with E-state index in [2.05, 4.69) is 0 Å². The molecule has 0 spiro atoms. The molecule has 1 fully saturated rings. The molecule has 1 saturated heterocycles. The summed E-state index contributed by atoms with van der Waals surface area (Å²) in [5, 5.41) is -0.557. The number of hydrogen-bond acceptors (Lipinski definition) is 4. The fraction of sp³-hybridized carbons (Fsp3) is 0.300.